The molecule has 0 fully saturated rings. The van der Waals surface area contributed by atoms with Crippen molar-refractivity contribution in [2.45, 2.75) is 6.42 Å². The van der Waals surface area contributed by atoms with E-state index in [-0.39, 0.29) is 25.0 Å². The fourth-order valence-electron chi connectivity index (χ4n) is 1.99. The number of hydrogen-bond acceptors (Lipinski definition) is 3. The van der Waals surface area contributed by atoms with Gasteiger partial charge >= 0.3 is 12.0 Å². The van der Waals surface area contributed by atoms with Crippen molar-refractivity contribution in [2.75, 3.05) is 18.6 Å². The van der Waals surface area contributed by atoms with Crippen molar-refractivity contribution in [3.05, 3.63) is 60.7 Å². The summed E-state index contributed by atoms with van der Waals surface area (Å²) in [5, 5.41) is 2.73. The van der Waals surface area contributed by atoms with E-state index in [0.29, 0.717) is 0 Å². The summed E-state index contributed by atoms with van der Waals surface area (Å²) in [6.45, 7) is 0.224. The van der Waals surface area contributed by atoms with Crippen LogP contribution in [0.1, 0.15) is 6.42 Å². The van der Waals surface area contributed by atoms with Crippen molar-refractivity contribution in [1.82, 2.24) is 5.32 Å². The van der Waals surface area contributed by atoms with Gasteiger partial charge < -0.3 is 10.1 Å². The molecular weight excluding hydrogens is 280 g/mol. The number of urea groups is 1. The summed E-state index contributed by atoms with van der Waals surface area (Å²) in [6, 6.07) is 18.4. The van der Waals surface area contributed by atoms with E-state index >= 15 is 0 Å². The summed E-state index contributed by atoms with van der Waals surface area (Å²) in [6.07, 6.45) is 0.139. The SMILES string of the molecule is COC(=O)CCNC(=O)N(c1ccccc1)c1ccccc1. The number of benzene rings is 2. The predicted molar refractivity (Wildman–Crippen MR) is 85.1 cm³/mol. The molecule has 0 aromatic heterocycles. The number of carbonyl (C=O) groups excluding carboxylic acids is 2. The molecule has 0 aliphatic rings. The lowest BCUT2D eigenvalue weighted by Crippen LogP contribution is -2.38. The van der Waals surface area contributed by atoms with Crippen LogP contribution in [0.2, 0.25) is 0 Å². The quantitative estimate of drug-likeness (QED) is 0.863. The Morgan fingerprint density at radius 1 is 0.955 bits per heavy atom. The predicted octanol–water partition coefficient (Wildman–Crippen LogP) is 3.10. The van der Waals surface area contributed by atoms with Gasteiger partial charge in [0.2, 0.25) is 0 Å². The van der Waals surface area contributed by atoms with Crippen molar-refractivity contribution in [2.24, 2.45) is 0 Å². The van der Waals surface area contributed by atoms with E-state index in [9.17, 15) is 9.59 Å². The van der Waals surface area contributed by atoms with Gasteiger partial charge in [0.1, 0.15) is 0 Å². The molecule has 0 aliphatic carbocycles. The summed E-state index contributed by atoms with van der Waals surface area (Å²) in [4.78, 5) is 25.2. The molecule has 2 aromatic rings. The highest BCUT2D eigenvalue weighted by molar-refractivity contribution is 5.99. The Kier molecular flexibility index (Phi) is 5.54. The highest BCUT2D eigenvalue weighted by Gasteiger charge is 2.17. The van der Waals surface area contributed by atoms with E-state index in [2.05, 4.69) is 10.1 Å². The Labute approximate surface area is 129 Å². The van der Waals surface area contributed by atoms with Crippen LogP contribution in [0, 0.1) is 0 Å². The zero-order chi connectivity index (χ0) is 15.8. The maximum absolute atomic E-state index is 12.5. The Morgan fingerprint density at radius 2 is 1.45 bits per heavy atom. The largest absolute Gasteiger partial charge is 0.469 e. The first-order valence-electron chi connectivity index (χ1n) is 6.97. The van der Waals surface area contributed by atoms with Gasteiger partial charge in [-0.1, -0.05) is 36.4 Å². The van der Waals surface area contributed by atoms with E-state index < -0.39 is 0 Å². The molecule has 0 spiro atoms. The van der Waals surface area contributed by atoms with Gasteiger partial charge in [0.15, 0.2) is 0 Å². The lowest BCUT2D eigenvalue weighted by molar-refractivity contribution is -0.140. The van der Waals surface area contributed by atoms with Gasteiger partial charge in [0.05, 0.1) is 24.9 Å². The molecule has 2 rings (SSSR count). The molecule has 114 valence electrons. The van der Waals surface area contributed by atoms with Gasteiger partial charge in [0.25, 0.3) is 0 Å². The van der Waals surface area contributed by atoms with E-state index in [4.69, 9.17) is 0 Å². The van der Waals surface area contributed by atoms with Crippen LogP contribution < -0.4 is 10.2 Å². The highest BCUT2D eigenvalue weighted by Crippen LogP contribution is 2.24. The van der Waals surface area contributed by atoms with Crippen molar-refractivity contribution in [3.8, 4) is 0 Å². The minimum atomic E-state index is -0.355. The Hall–Kier alpha value is -2.82. The zero-order valence-corrected chi connectivity index (χ0v) is 12.4. The summed E-state index contributed by atoms with van der Waals surface area (Å²) >= 11 is 0. The van der Waals surface area contributed by atoms with E-state index in [1.165, 1.54) is 7.11 Å². The number of hydrogen-bond donors (Lipinski definition) is 1. The number of amides is 2. The van der Waals surface area contributed by atoms with Gasteiger partial charge in [-0.3, -0.25) is 9.69 Å². The van der Waals surface area contributed by atoms with Gasteiger partial charge in [0, 0.05) is 6.54 Å². The topological polar surface area (TPSA) is 58.6 Å². The average Bonchev–Trinajstić information content (AvgIpc) is 2.57. The maximum atomic E-state index is 12.5. The third-order valence-electron chi connectivity index (χ3n) is 3.06. The van der Waals surface area contributed by atoms with Crippen molar-refractivity contribution < 1.29 is 14.3 Å². The molecule has 5 heteroatoms. The molecule has 0 unspecified atom stereocenters. The van der Waals surface area contributed by atoms with Crippen LogP contribution >= 0.6 is 0 Å². The Bertz CT molecular complexity index is 575. The normalized spacial score (nSPS) is 9.86. The van der Waals surface area contributed by atoms with Gasteiger partial charge in [-0.05, 0) is 24.3 Å². The molecule has 5 nitrogen and oxygen atoms in total. The summed E-state index contributed by atoms with van der Waals surface area (Å²) < 4.78 is 4.56. The molecule has 2 aromatic carbocycles. The minimum Gasteiger partial charge on any atom is -0.469 e. The molecule has 0 saturated carbocycles. The standard InChI is InChI=1S/C17H18N2O3/c1-22-16(20)12-13-18-17(21)19(14-8-4-2-5-9-14)15-10-6-3-7-11-15/h2-11H,12-13H2,1H3,(H,18,21). The molecule has 1 N–H and O–H groups in total. The summed E-state index contributed by atoms with van der Waals surface area (Å²) in [7, 11) is 1.32. The lowest BCUT2D eigenvalue weighted by Gasteiger charge is -2.23. The number of nitrogens with zero attached hydrogens (tertiary/aromatic N) is 1. The number of esters is 1. The van der Waals surface area contributed by atoms with Gasteiger partial charge in [-0.2, -0.15) is 0 Å². The molecule has 0 heterocycles. The van der Waals surface area contributed by atoms with Gasteiger partial charge in [-0.15, -0.1) is 0 Å². The van der Waals surface area contributed by atoms with E-state index in [0.717, 1.165) is 11.4 Å². The third-order valence-corrected chi connectivity index (χ3v) is 3.06. The molecule has 0 bridgehead atoms. The number of methoxy groups -OCH3 is 1. The van der Waals surface area contributed by atoms with Crippen LogP contribution in [0.3, 0.4) is 0 Å². The number of para-hydroxylation sites is 2. The van der Waals surface area contributed by atoms with Crippen LogP contribution in [0.5, 0.6) is 0 Å². The first-order valence-corrected chi connectivity index (χ1v) is 6.97. The number of rotatable bonds is 5. The maximum Gasteiger partial charge on any atom is 0.326 e. The molecular formula is C17H18N2O3. The Morgan fingerprint density at radius 3 is 1.91 bits per heavy atom. The van der Waals surface area contributed by atoms with Crippen molar-refractivity contribution in [3.63, 3.8) is 0 Å². The molecule has 2 amide bonds. The van der Waals surface area contributed by atoms with Gasteiger partial charge in [-0.25, -0.2) is 4.79 Å². The Balaban J connectivity index is 2.15. The van der Waals surface area contributed by atoms with Crippen LogP contribution in [0.25, 0.3) is 0 Å². The summed E-state index contributed by atoms with van der Waals surface area (Å²) in [5.41, 5.74) is 1.51. The molecule has 0 saturated heterocycles. The van der Waals surface area contributed by atoms with Crippen LogP contribution in [-0.2, 0) is 9.53 Å². The number of carbonyl (C=O) groups is 2. The smallest absolute Gasteiger partial charge is 0.326 e. The lowest BCUT2D eigenvalue weighted by atomic mass is 10.2. The monoisotopic (exact) mass is 298 g/mol. The second-order valence-corrected chi connectivity index (χ2v) is 4.56. The van der Waals surface area contributed by atoms with E-state index in [1.807, 2.05) is 60.7 Å². The molecule has 22 heavy (non-hydrogen) atoms. The van der Waals surface area contributed by atoms with Crippen LogP contribution in [-0.4, -0.2) is 25.7 Å². The minimum absolute atomic E-state index is 0.139. The first kappa shape index (κ1) is 15.6. The van der Waals surface area contributed by atoms with Crippen molar-refractivity contribution >= 4 is 23.4 Å². The first-order chi connectivity index (χ1) is 10.7. The number of ether oxygens (including phenoxy) is 1. The van der Waals surface area contributed by atoms with Crippen LogP contribution in [0.4, 0.5) is 16.2 Å². The number of nitrogens with one attached hydrogen (secondary N) is 1. The molecule has 0 aliphatic heterocycles. The van der Waals surface area contributed by atoms with E-state index in [1.54, 1.807) is 4.90 Å². The van der Waals surface area contributed by atoms with Crippen molar-refractivity contribution in [1.29, 1.82) is 0 Å². The third kappa shape index (κ3) is 4.09. The second kappa shape index (κ2) is 7.83. The fourth-order valence-corrected chi connectivity index (χ4v) is 1.99. The highest BCUT2D eigenvalue weighted by atomic mass is 16.5. The average molecular weight is 298 g/mol. The van der Waals surface area contributed by atoms with Crippen LogP contribution in [0.15, 0.2) is 60.7 Å². The second-order valence-electron chi connectivity index (χ2n) is 4.56. The fraction of sp³-hybridized carbons (Fsp3) is 0.176. The molecule has 0 atom stereocenters. The molecule has 0 radical (unpaired) electrons. The number of anilines is 2. The summed E-state index contributed by atoms with van der Waals surface area (Å²) in [5.74, 6) is -0.355. The zero-order valence-electron chi connectivity index (χ0n) is 12.4.